The summed E-state index contributed by atoms with van der Waals surface area (Å²) in [6, 6.07) is 0.819. The SMILES string of the molecule is CC[C@@H]1NC(=O)CNC(=O)[C@H](Cc2c[nH]c3ccccc23)NC(=O)[C@H](CC(=O)O)NC(=O)[C@H](CCC(N)=O)NC(=O)[C@H](Cc2c[nH]c3ccccc23)NC(=O)[C@H](C(C)C)NC(=O)[C@@H](NC(=O)[C@@H](NC(C)=O)[C@@H](C)CC)CSSC[C@@H](C(=O)N[C@H](C(N)=O)[C@@H](C)O)NC(=O)[C@H](CCCNC(=N)N)NC(=O)[C@H](Cc2c[nH]c3ccccc23)NC1=O. The molecule has 0 bridgehead atoms. The van der Waals surface area contributed by atoms with Gasteiger partial charge in [-0.1, -0.05) is 117 Å². The minimum Gasteiger partial charge on any atom is -0.481 e. The number of aromatic nitrogens is 3. The highest BCUT2D eigenvalue weighted by molar-refractivity contribution is 8.76. The number of fused-ring (bicyclic) bond motifs is 3. The summed E-state index contributed by atoms with van der Waals surface area (Å²) in [5.74, 6) is -19.7. The molecule has 26 N–H and O–H groups in total. The van der Waals surface area contributed by atoms with Crippen molar-refractivity contribution in [2.45, 2.75) is 191 Å². The lowest BCUT2D eigenvalue weighted by Gasteiger charge is -2.29. The minimum absolute atomic E-state index is 0.0000940. The van der Waals surface area contributed by atoms with Crippen molar-refractivity contribution in [3.63, 3.8) is 0 Å². The van der Waals surface area contributed by atoms with Gasteiger partial charge in [0, 0.05) is 102 Å². The lowest BCUT2D eigenvalue weighted by Crippen LogP contribution is -2.61. The zero-order chi connectivity index (χ0) is 86.6. The molecule has 7 rings (SSSR count). The van der Waals surface area contributed by atoms with Crippen molar-refractivity contribution in [1.29, 1.82) is 5.41 Å². The number of carbonyl (C=O) groups excluding carboxylic acids is 15. The van der Waals surface area contributed by atoms with Gasteiger partial charge in [-0.15, -0.1) is 0 Å². The van der Waals surface area contributed by atoms with Crippen LogP contribution in [-0.4, -0.2) is 229 Å². The van der Waals surface area contributed by atoms with Crippen LogP contribution in [0.15, 0.2) is 91.4 Å². The van der Waals surface area contributed by atoms with Crippen molar-refractivity contribution in [3.05, 3.63) is 108 Å². The second-order valence-corrected chi connectivity index (χ2v) is 31.6. The summed E-state index contributed by atoms with van der Waals surface area (Å²) in [6.45, 7) is 9.44. The molecule has 6 aromatic rings. The van der Waals surface area contributed by atoms with Gasteiger partial charge in [-0.25, -0.2) is 0 Å². The number of hydrogen-bond acceptors (Lipinski definition) is 20. The summed E-state index contributed by atoms with van der Waals surface area (Å²) < 4.78 is 0. The van der Waals surface area contributed by atoms with Gasteiger partial charge in [-0.2, -0.15) is 0 Å². The summed E-state index contributed by atoms with van der Waals surface area (Å²) in [5.41, 5.74) is 20.0. The topological polar surface area (TPSA) is 631 Å². The normalized spacial score (nSPS) is 22.2. The van der Waals surface area contributed by atoms with Gasteiger partial charge >= 0.3 is 5.97 Å². The van der Waals surface area contributed by atoms with E-state index in [1.165, 1.54) is 27.7 Å². The van der Waals surface area contributed by atoms with E-state index < -0.39 is 228 Å². The smallest absolute Gasteiger partial charge is 0.305 e. The van der Waals surface area contributed by atoms with Crippen LogP contribution in [0.25, 0.3) is 32.7 Å². The summed E-state index contributed by atoms with van der Waals surface area (Å²) >= 11 is 0. The first-order valence-corrected chi connectivity index (χ1v) is 40.9. The maximum Gasteiger partial charge on any atom is 0.305 e. The monoisotopic (exact) mass is 1680 g/mol. The average Bonchev–Trinajstić information content (AvgIpc) is 1.68. The molecule has 1 aliphatic rings. The van der Waals surface area contributed by atoms with E-state index in [9.17, 15) is 63.0 Å². The van der Waals surface area contributed by atoms with Crippen LogP contribution in [0.1, 0.15) is 110 Å². The Balaban J connectivity index is 1.34. The van der Waals surface area contributed by atoms with E-state index in [0.29, 0.717) is 55.8 Å². The first-order chi connectivity index (χ1) is 56.0. The second-order valence-electron chi connectivity index (χ2n) is 29.0. The number of nitrogens with one attached hydrogen (secondary N) is 18. The molecular formula is C77H105N21O18S2. The highest BCUT2D eigenvalue weighted by atomic mass is 33.1. The van der Waals surface area contributed by atoms with Crippen molar-refractivity contribution in [2.24, 2.45) is 29.0 Å². The fourth-order valence-corrected chi connectivity index (χ4v) is 15.3. The number of carboxylic acids is 1. The Hall–Kier alpha value is -12.3. The predicted octanol–water partition coefficient (Wildman–Crippen LogP) is -2.51. The van der Waals surface area contributed by atoms with Crippen LogP contribution in [0.2, 0.25) is 0 Å². The van der Waals surface area contributed by atoms with Crippen molar-refractivity contribution in [3.8, 4) is 0 Å². The molecule has 1 fully saturated rings. The van der Waals surface area contributed by atoms with Crippen LogP contribution in [-0.2, 0) is 96.0 Å². The molecule has 0 aliphatic carbocycles. The number of hydrogen-bond donors (Lipinski definition) is 23. The third kappa shape index (κ3) is 27.4. The van der Waals surface area contributed by atoms with Crippen LogP contribution in [0.5, 0.6) is 0 Å². The van der Waals surface area contributed by atoms with E-state index in [1.54, 1.807) is 105 Å². The highest BCUT2D eigenvalue weighted by Gasteiger charge is 2.40. The lowest BCUT2D eigenvalue weighted by atomic mass is 9.97. The first-order valence-electron chi connectivity index (χ1n) is 38.4. The zero-order valence-corrected chi connectivity index (χ0v) is 67.8. The van der Waals surface area contributed by atoms with Crippen LogP contribution < -0.4 is 91.6 Å². The predicted molar refractivity (Wildman–Crippen MR) is 438 cm³/mol. The number of primary amides is 2. The van der Waals surface area contributed by atoms with Gasteiger partial charge in [-0.05, 0) is 79.3 Å². The fraction of sp³-hybridized carbons (Fsp3) is 0.468. The molecular weight excluding hydrogens is 1570 g/mol. The number of nitrogens with two attached hydrogens (primary N) is 3. The Labute approximate surface area is 686 Å². The molecule has 0 saturated carbocycles. The lowest BCUT2D eigenvalue weighted by molar-refractivity contribution is -0.141. The van der Waals surface area contributed by atoms with Crippen molar-refractivity contribution in [1.82, 2.24) is 89.4 Å². The zero-order valence-electron chi connectivity index (χ0n) is 66.2. The second kappa shape index (κ2) is 44.7. The number of H-pyrrole nitrogens is 3. The van der Waals surface area contributed by atoms with E-state index in [4.69, 9.17) is 22.6 Å². The molecule has 15 amide bonds. The summed E-state index contributed by atoms with van der Waals surface area (Å²) in [7, 11) is 1.66. The molecule has 0 unspecified atom stereocenters. The summed E-state index contributed by atoms with van der Waals surface area (Å²) in [4.78, 5) is 237. The maximum atomic E-state index is 15.1. The maximum absolute atomic E-state index is 15.1. The summed E-state index contributed by atoms with van der Waals surface area (Å²) in [6.07, 6.45) is -0.274. The van der Waals surface area contributed by atoms with Gasteiger partial charge in [0.05, 0.1) is 19.1 Å². The number of carbonyl (C=O) groups is 16. The van der Waals surface area contributed by atoms with Gasteiger partial charge in [0.15, 0.2) is 5.96 Å². The fourth-order valence-electron chi connectivity index (χ4n) is 13.0. The molecule has 3 aromatic carbocycles. The Kier molecular flexibility index (Phi) is 35.2. The standard InChI is InChI=1S/C77H105N21O18S2/c1-8-38(5)63(87-40(7)100)76(116)96-58-36-118-117-35-57(74(114)98-64(39(6)99)65(79)105)95-68(108)51(23-16-26-82-77(80)81)89-70(110)54(28-42-32-84-49-21-14-11-18-45(42)49)92-67(107)47(9-2)88-60(102)34-86-66(106)53(27-41-31-83-48-20-13-10-17-44(41)48)91-72(112)56(30-61(103)104)93-69(109)52(24-25-59(78)101)90-71(111)55(94-75(115)62(37(3)4)97-73(58)113)29-43-33-85-50-22-15-12-19-46(43)50/h10-15,17-22,31-33,37-39,47,51-58,62-64,83-85,99H,8-9,16,23-30,34-36H2,1-7H3,(H2,78,101)(H2,79,105)(H,86,106)(H,87,100)(H,88,102)(H,89,110)(H,90,111)(H,91,112)(H,92,107)(H,93,109)(H,94,115)(H,95,108)(H,96,116)(H,97,113)(H,98,114)(H,103,104)(H4,80,81,82)/t38-,39+,47-,51-,52-,53-,54-,55-,56-,57-,58-,62-,63-,64-/m0/s1. The molecule has 3 aromatic heterocycles. The number of rotatable bonds is 26. The van der Waals surface area contributed by atoms with Crippen LogP contribution in [0.3, 0.4) is 0 Å². The Morgan fingerprint density at radius 3 is 1.47 bits per heavy atom. The van der Waals surface area contributed by atoms with Crippen LogP contribution in [0, 0.1) is 17.2 Å². The number of benzene rings is 3. The molecule has 39 nitrogen and oxygen atoms in total. The van der Waals surface area contributed by atoms with Gasteiger partial charge in [-0.3, -0.25) is 82.1 Å². The van der Waals surface area contributed by atoms with Crippen molar-refractivity contribution in [2.75, 3.05) is 24.6 Å². The number of carboxylic acid groups (broad SMARTS) is 1. The minimum atomic E-state index is -2.06. The molecule has 41 heteroatoms. The number of aliphatic hydroxyl groups excluding tert-OH is 1. The molecule has 0 radical (unpaired) electrons. The Bertz CT molecular complexity index is 4640. The molecule has 4 heterocycles. The van der Waals surface area contributed by atoms with E-state index in [1.807, 2.05) is 0 Å². The third-order valence-corrected chi connectivity index (χ3v) is 22.0. The van der Waals surface area contributed by atoms with Gasteiger partial charge in [0.1, 0.15) is 72.5 Å². The molecule has 118 heavy (non-hydrogen) atoms. The average molecular weight is 1680 g/mol. The van der Waals surface area contributed by atoms with E-state index >= 15 is 24.0 Å². The number of aliphatic carboxylic acids is 1. The van der Waals surface area contributed by atoms with E-state index in [2.05, 4.69) is 89.4 Å². The largest absolute Gasteiger partial charge is 0.481 e. The van der Waals surface area contributed by atoms with Gasteiger partial charge < -0.3 is 117 Å². The first kappa shape index (κ1) is 92.9. The van der Waals surface area contributed by atoms with E-state index in [-0.39, 0.29) is 45.1 Å². The van der Waals surface area contributed by atoms with Crippen LogP contribution >= 0.6 is 21.6 Å². The number of para-hydroxylation sites is 3. The molecule has 638 valence electrons. The van der Waals surface area contributed by atoms with Crippen LogP contribution in [0.4, 0.5) is 0 Å². The van der Waals surface area contributed by atoms with Crippen molar-refractivity contribution < 1.29 is 86.9 Å². The third-order valence-electron chi connectivity index (χ3n) is 19.6. The Morgan fingerprint density at radius 2 is 1.00 bits per heavy atom. The summed E-state index contributed by atoms with van der Waals surface area (Å²) in [5, 5.41) is 66.4. The van der Waals surface area contributed by atoms with Gasteiger partial charge in [0.25, 0.3) is 0 Å². The molecule has 1 aliphatic heterocycles. The molecule has 1 saturated heterocycles. The molecule has 0 spiro atoms. The number of aromatic amines is 3. The Morgan fingerprint density at radius 1 is 0.542 bits per heavy atom. The quantitative estimate of drug-likeness (QED) is 0.0115. The van der Waals surface area contributed by atoms with Crippen molar-refractivity contribution >= 4 is 155 Å². The van der Waals surface area contributed by atoms with E-state index in [0.717, 1.165) is 28.5 Å². The number of aliphatic hydroxyl groups is 1. The number of amides is 15. The van der Waals surface area contributed by atoms with Gasteiger partial charge in [0.2, 0.25) is 88.6 Å². The molecule has 14 atom stereocenters. The number of guanidine groups is 1. The highest BCUT2D eigenvalue weighted by Crippen LogP contribution is 2.26.